The normalized spacial score (nSPS) is 13.9. The lowest BCUT2D eigenvalue weighted by molar-refractivity contribution is 0.437. The Morgan fingerprint density at radius 3 is 2.18 bits per heavy atom. The van der Waals surface area contributed by atoms with Crippen molar-refractivity contribution in [2.45, 2.75) is 38.1 Å². The van der Waals surface area contributed by atoms with Crippen molar-refractivity contribution in [2.24, 2.45) is 5.92 Å². The van der Waals surface area contributed by atoms with Gasteiger partial charge in [-0.2, -0.15) is 0 Å². The van der Waals surface area contributed by atoms with Gasteiger partial charge in [-0.1, -0.05) is 20.8 Å². The third-order valence-corrected chi connectivity index (χ3v) is 4.18. The molecule has 1 unspecified atom stereocenters. The van der Waals surface area contributed by atoms with Crippen LogP contribution in [0.2, 0.25) is 0 Å². The van der Waals surface area contributed by atoms with Crippen LogP contribution in [-0.4, -0.2) is 14.5 Å². The van der Waals surface area contributed by atoms with Crippen LogP contribution in [0.5, 0.6) is 0 Å². The monoisotopic (exact) mass is 259 g/mol. The SMILES string of the molecule is CCC(NS(=O)(=O)c1ccc(F)cc1)C(C)C. The lowest BCUT2D eigenvalue weighted by Crippen LogP contribution is -2.37. The predicted molar refractivity (Wildman–Crippen MR) is 65.6 cm³/mol. The van der Waals surface area contributed by atoms with E-state index in [1.54, 1.807) is 0 Å². The fourth-order valence-electron chi connectivity index (χ4n) is 1.57. The molecule has 1 rings (SSSR count). The van der Waals surface area contributed by atoms with Crippen molar-refractivity contribution in [1.82, 2.24) is 4.72 Å². The van der Waals surface area contributed by atoms with E-state index in [4.69, 9.17) is 0 Å². The second-order valence-corrected chi connectivity index (χ2v) is 6.05. The largest absolute Gasteiger partial charge is 0.240 e. The molecule has 0 heterocycles. The zero-order chi connectivity index (χ0) is 13.1. The van der Waals surface area contributed by atoms with Gasteiger partial charge in [0.25, 0.3) is 0 Å². The van der Waals surface area contributed by atoms with Crippen molar-refractivity contribution in [3.63, 3.8) is 0 Å². The molecule has 5 heteroatoms. The molecule has 0 aliphatic carbocycles. The quantitative estimate of drug-likeness (QED) is 0.883. The molecule has 17 heavy (non-hydrogen) atoms. The van der Waals surface area contributed by atoms with Crippen molar-refractivity contribution in [2.75, 3.05) is 0 Å². The highest BCUT2D eigenvalue weighted by molar-refractivity contribution is 7.89. The molecule has 0 fully saturated rings. The van der Waals surface area contributed by atoms with Gasteiger partial charge in [0.2, 0.25) is 10.0 Å². The van der Waals surface area contributed by atoms with Crippen LogP contribution >= 0.6 is 0 Å². The summed E-state index contributed by atoms with van der Waals surface area (Å²) in [5, 5.41) is 0. The smallest absolute Gasteiger partial charge is 0.208 e. The molecule has 0 bridgehead atoms. The van der Waals surface area contributed by atoms with Gasteiger partial charge in [-0.3, -0.25) is 0 Å². The van der Waals surface area contributed by atoms with Crippen LogP contribution in [0.3, 0.4) is 0 Å². The molecular weight excluding hydrogens is 241 g/mol. The molecule has 0 spiro atoms. The summed E-state index contributed by atoms with van der Waals surface area (Å²) < 4.78 is 39.3. The fourth-order valence-corrected chi connectivity index (χ4v) is 3.04. The first-order valence-corrected chi connectivity index (χ1v) is 7.13. The molecule has 1 atom stereocenters. The molecule has 1 aromatic carbocycles. The first kappa shape index (κ1) is 14.1. The maximum Gasteiger partial charge on any atom is 0.240 e. The Kier molecular flexibility index (Phi) is 4.65. The predicted octanol–water partition coefficient (Wildman–Crippen LogP) is 2.54. The third-order valence-electron chi connectivity index (χ3n) is 2.68. The number of halogens is 1. The number of sulfonamides is 1. The standard InChI is InChI=1S/C12H18FNO2S/c1-4-12(9(2)3)14-17(15,16)11-7-5-10(13)6-8-11/h5-9,12,14H,4H2,1-3H3. The van der Waals surface area contributed by atoms with Crippen LogP contribution in [0.25, 0.3) is 0 Å². The first-order valence-electron chi connectivity index (χ1n) is 5.64. The molecule has 3 nitrogen and oxygen atoms in total. The topological polar surface area (TPSA) is 46.2 Å². The zero-order valence-electron chi connectivity index (χ0n) is 10.3. The van der Waals surface area contributed by atoms with Crippen molar-refractivity contribution in [3.05, 3.63) is 30.1 Å². The highest BCUT2D eigenvalue weighted by Crippen LogP contribution is 2.13. The molecule has 1 N–H and O–H groups in total. The van der Waals surface area contributed by atoms with Gasteiger partial charge in [0.15, 0.2) is 0 Å². The lowest BCUT2D eigenvalue weighted by atomic mass is 10.0. The van der Waals surface area contributed by atoms with Gasteiger partial charge in [-0.25, -0.2) is 17.5 Å². The molecule has 0 aliphatic heterocycles. The number of benzene rings is 1. The van der Waals surface area contributed by atoms with E-state index < -0.39 is 15.8 Å². The molecule has 96 valence electrons. The second-order valence-electron chi connectivity index (χ2n) is 4.33. The Labute approximate surface area is 102 Å². The third kappa shape index (κ3) is 3.78. The van der Waals surface area contributed by atoms with Crippen LogP contribution in [-0.2, 0) is 10.0 Å². The Bertz CT molecular complexity index is 454. The molecule has 0 radical (unpaired) electrons. The highest BCUT2D eigenvalue weighted by atomic mass is 32.2. The average molecular weight is 259 g/mol. The number of rotatable bonds is 5. The minimum absolute atomic E-state index is 0.0954. The summed E-state index contributed by atoms with van der Waals surface area (Å²) in [4.78, 5) is 0.0954. The molecule has 0 aromatic heterocycles. The van der Waals surface area contributed by atoms with E-state index in [0.29, 0.717) is 0 Å². The van der Waals surface area contributed by atoms with Crippen LogP contribution < -0.4 is 4.72 Å². The van der Waals surface area contributed by atoms with E-state index >= 15 is 0 Å². The average Bonchev–Trinajstić information content (AvgIpc) is 2.26. The van der Waals surface area contributed by atoms with E-state index in [0.717, 1.165) is 18.6 Å². The molecule has 0 amide bonds. The molecule has 0 aliphatic rings. The Morgan fingerprint density at radius 1 is 1.24 bits per heavy atom. The Hall–Kier alpha value is -0.940. The van der Waals surface area contributed by atoms with Gasteiger partial charge >= 0.3 is 0 Å². The first-order chi connectivity index (χ1) is 7.86. The minimum atomic E-state index is -3.55. The van der Waals surface area contributed by atoms with Gasteiger partial charge in [-0.15, -0.1) is 0 Å². The highest BCUT2D eigenvalue weighted by Gasteiger charge is 2.20. The minimum Gasteiger partial charge on any atom is -0.208 e. The number of hydrogen-bond acceptors (Lipinski definition) is 2. The van der Waals surface area contributed by atoms with Gasteiger partial charge in [0.05, 0.1) is 4.90 Å². The maximum absolute atomic E-state index is 12.7. The summed E-state index contributed by atoms with van der Waals surface area (Å²) in [5.41, 5.74) is 0. The number of hydrogen-bond donors (Lipinski definition) is 1. The van der Waals surface area contributed by atoms with E-state index in [1.165, 1.54) is 12.1 Å². The molecule has 0 saturated carbocycles. The van der Waals surface area contributed by atoms with Gasteiger partial charge in [0.1, 0.15) is 5.82 Å². The Balaban J connectivity index is 2.92. The summed E-state index contributed by atoms with van der Waals surface area (Å²) in [7, 11) is -3.55. The van der Waals surface area contributed by atoms with Crippen molar-refractivity contribution >= 4 is 10.0 Å². The Morgan fingerprint density at radius 2 is 1.76 bits per heavy atom. The van der Waals surface area contributed by atoms with Gasteiger partial charge < -0.3 is 0 Å². The van der Waals surface area contributed by atoms with E-state index in [9.17, 15) is 12.8 Å². The van der Waals surface area contributed by atoms with E-state index in [-0.39, 0.29) is 16.9 Å². The lowest BCUT2D eigenvalue weighted by Gasteiger charge is -2.20. The molecular formula is C12H18FNO2S. The van der Waals surface area contributed by atoms with Crippen LogP contribution in [0.1, 0.15) is 27.2 Å². The second kappa shape index (κ2) is 5.60. The maximum atomic E-state index is 12.7. The fraction of sp³-hybridized carbons (Fsp3) is 0.500. The van der Waals surface area contributed by atoms with Gasteiger partial charge in [-0.05, 0) is 36.6 Å². The van der Waals surface area contributed by atoms with Crippen LogP contribution in [0, 0.1) is 11.7 Å². The molecule has 1 aromatic rings. The van der Waals surface area contributed by atoms with Crippen molar-refractivity contribution in [3.8, 4) is 0 Å². The summed E-state index contributed by atoms with van der Waals surface area (Å²) in [5.74, 6) is -0.227. The van der Waals surface area contributed by atoms with Crippen molar-refractivity contribution in [1.29, 1.82) is 0 Å². The van der Waals surface area contributed by atoms with E-state index in [2.05, 4.69) is 4.72 Å². The summed E-state index contributed by atoms with van der Waals surface area (Å²) in [6, 6.07) is 4.72. The zero-order valence-corrected chi connectivity index (χ0v) is 11.1. The van der Waals surface area contributed by atoms with E-state index in [1.807, 2.05) is 20.8 Å². The van der Waals surface area contributed by atoms with Gasteiger partial charge in [0, 0.05) is 6.04 Å². The molecule has 0 saturated heterocycles. The summed E-state index contributed by atoms with van der Waals surface area (Å²) >= 11 is 0. The summed E-state index contributed by atoms with van der Waals surface area (Å²) in [6.45, 7) is 5.85. The van der Waals surface area contributed by atoms with Crippen LogP contribution in [0.15, 0.2) is 29.2 Å². The number of nitrogens with one attached hydrogen (secondary N) is 1. The summed E-state index contributed by atoms with van der Waals surface area (Å²) in [6.07, 6.45) is 0.720. The van der Waals surface area contributed by atoms with Crippen LogP contribution in [0.4, 0.5) is 4.39 Å². The van der Waals surface area contributed by atoms with Crippen molar-refractivity contribution < 1.29 is 12.8 Å².